The van der Waals surface area contributed by atoms with E-state index >= 15 is 0 Å². The summed E-state index contributed by atoms with van der Waals surface area (Å²) in [5, 5.41) is 16.0. The van der Waals surface area contributed by atoms with Crippen molar-refractivity contribution in [3.63, 3.8) is 0 Å². The Bertz CT molecular complexity index is 337. The number of phenolic OH excluding ortho intramolecular Hbond substituents is 1. The molecule has 3 N–H and O–H groups in total. The molecule has 1 fully saturated rings. The van der Waals surface area contributed by atoms with Gasteiger partial charge in [-0.3, -0.25) is 0 Å². The lowest BCUT2D eigenvalue weighted by molar-refractivity contribution is 0.468. The smallest absolute Gasteiger partial charge is 0.115 e. The standard InChI is InChI=1S/C14H22N2O/c1-15-13-5-2-12(8-13)10-16-9-11-3-6-14(17)7-4-11/h3-4,6-7,12-13,15-17H,2,5,8-10H2,1H3. The molecule has 1 saturated carbocycles. The van der Waals surface area contributed by atoms with Crippen LogP contribution in [0.5, 0.6) is 5.75 Å². The van der Waals surface area contributed by atoms with Gasteiger partial charge in [0.2, 0.25) is 0 Å². The fourth-order valence-corrected chi connectivity index (χ4v) is 2.56. The predicted molar refractivity (Wildman–Crippen MR) is 70.0 cm³/mol. The van der Waals surface area contributed by atoms with Crippen LogP contribution in [0.4, 0.5) is 0 Å². The zero-order valence-electron chi connectivity index (χ0n) is 10.4. The summed E-state index contributed by atoms with van der Waals surface area (Å²) in [6.45, 7) is 1.99. The van der Waals surface area contributed by atoms with Crippen molar-refractivity contribution < 1.29 is 5.11 Å². The molecular formula is C14H22N2O. The van der Waals surface area contributed by atoms with Gasteiger partial charge in [-0.2, -0.15) is 0 Å². The van der Waals surface area contributed by atoms with Gasteiger partial charge in [-0.15, -0.1) is 0 Å². The highest BCUT2D eigenvalue weighted by atomic mass is 16.3. The van der Waals surface area contributed by atoms with Crippen molar-refractivity contribution in [1.29, 1.82) is 0 Å². The first-order chi connectivity index (χ1) is 8.28. The minimum absolute atomic E-state index is 0.335. The molecule has 17 heavy (non-hydrogen) atoms. The Morgan fingerprint density at radius 1 is 1.24 bits per heavy atom. The topological polar surface area (TPSA) is 44.3 Å². The lowest BCUT2D eigenvalue weighted by Gasteiger charge is -2.12. The molecule has 3 heteroatoms. The van der Waals surface area contributed by atoms with Gasteiger partial charge < -0.3 is 15.7 Å². The van der Waals surface area contributed by atoms with E-state index in [0.717, 1.165) is 25.0 Å². The van der Waals surface area contributed by atoms with Gasteiger partial charge in [0.05, 0.1) is 0 Å². The zero-order valence-corrected chi connectivity index (χ0v) is 10.4. The average molecular weight is 234 g/mol. The van der Waals surface area contributed by atoms with Gasteiger partial charge in [0.1, 0.15) is 5.75 Å². The molecule has 3 nitrogen and oxygen atoms in total. The van der Waals surface area contributed by atoms with Gasteiger partial charge in [-0.05, 0) is 56.5 Å². The van der Waals surface area contributed by atoms with Crippen LogP contribution in [0.25, 0.3) is 0 Å². The van der Waals surface area contributed by atoms with Gasteiger partial charge >= 0.3 is 0 Å². The molecule has 0 spiro atoms. The lowest BCUT2D eigenvalue weighted by atomic mass is 10.1. The summed E-state index contributed by atoms with van der Waals surface area (Å²) in [7, 11) is 2.05. The molecule has 0 heterocycles. The van der Waals surface area contributed by atoms with Gasteiger partial charge in [-0.1, -0.05) is 12.1 Å². The van der Waals surface area contributed by atoms with E-state index in [4.69, 9.17) is 0 Å². The number of hydrogen-bond donors (Lipinski definition) is 3. The third-order valence-electron chi connectivity index (χ3n) is 3.65. The molecule has 1 aromatic carbocycles. The van der Waals surface area contributed by atoms with Gasteiger partial charge in [0, 0.05) is 12.6 Å². The van der Waals surface area contributed by atoms with E-state index in [9.17, 15) is 5.11 Å². The molecule has 94 valence electrons. The van der Waals surface area contributed by atoms with Crippen LogP contribution >= 0.6 is 0 Å². The van der Waals surface area contributed by atoms with Crippen LogP contribution in [0.15, 0.2) is 24.3 Å². The number of aromatic hydroxyl groups is 1. The number of benzene rings is 1. The first-order valence-corrected chi connectivity index (χ1v) is 6.44. The molecule has 0 aromatic heterocycles. The molecule has 0 aliphatic heterocycles. The van der Waals surface area contributed by atoms with Crippen LogP contribution in [0.2, 0.25) is 0 Å². The van der Waals surface area contributed by atoms with Gasteiger partial charge in [-0.25, -0.2) is 0 Å². The zero-order chi connectivity index (χ0) is 12.1. The Morgan fingerprint density at radius 3 is 2.65 bits per heavy atom. The predicted octanol–water partition coefficient (Wildman–Crippen LogP) is 1.87. The van der Waals surface area contributed by atoms with Crippen LogP contribution in [0.3, 0.4) is 0 Å². The summed E-state index contributed by atoms with van der Waals surface area (Å²) in [4.78, 5) is 0. The molecule has 0 bridgehead atoms. The Morgan fingerprint density at radius 2 is 2.00 bits per heavy atom. The summed E-state index contributed by atoms with van der Waals surface area (Å²) >= 11 is 0. The number of nitrogens with one attached hydrogen (secondary N) is 2. The van der Waals surface area contributed by atoms with Gasteiger partial charge in [0.25, 0.3) is 0 Å². The summed E-state index contributed by atoms with van der Waals surface area (Å²) in [5.74, 6) is 1.14. The van der Waals surface area contributed by atoms with E-state index in [1.165, 1.54) is 24.8 Å². The van der Waals surface area contributed by atoms with Crippen molar-refractivity contribution in [2.75, 3.05) is 13.6 Å². The van der Waals surface area contributed by atoms with Crippen molar-refractivity contribution >= 4 is 0 Å². The maximum Gasteiger partial charge on any atom is 0.115 e. The summed E-state index contributed by atoms with van der Waals surface area (Å²) < 4.78 is 0. The minimum Gasteiger partial charge on any atom is -0.508 e. The largest absolute Gasteiger partial charge is 0.508 e. The van der Waals surface area contributed by atoms with Gasteiger partial charge in [0.15, 0.2) is 0 Å². The van der Waals surface area contributed by atoms with Crippen LogP contribution < -0.4 is 10.6 Å². The SMILES string of the molecule is CNC1CCC(CNCc2ccc(O)cc2)C1. The van der Waals surface area contributed by atoms with Crippen molar-refractivity contribution in [2.24, 2.45) is 5.92 Å². The van der Waals surface area contributed by atoms with E-state index in [-0.39, 0.29) is 0 Å². The van der Waals surface area contributed by atoms with E-state index in [1.807, 2.05) is 12.1 Å². The Kier molecular flexibility index (Phi) is 4.40. The number of phenols is 1. The molecule has 0 amide bonds. The number of rotatable bonds is 5. The van der Waals surface area contributed by atoms with E-state index < -0.39 is 0 Å². The van der Waals surface area contributed by atoms with Crippen molar-refractivity contribution in [3.05, 3.63) is 29.8 Å². The fourth-order valence-electron chi connectivity index (χ4n) is 2.56. The molecule has 2 atom stereocenters. The minimum atomic E-state index is 0.335. The molecular weight excluding hydrogens is 212 g/mol. The Balaban J connectivity index is 1.68. The monoisotopic (exact) mass is 234 g/mol. The molecule has 0 saturated heterocycles. The average Bonchev–Trinajstić information content (AvgIpc) is 2.80. The van der Waals surface area contributed by atoms with Crippen LogP contribution in [-0.2, 0) is 6.54 Å². The van der Waals surface area contributed by atoms with Crippen LogP contribution in [0, 0.1) is 5.92 Å². The molecule has 2 unspecified atom stereocenters. The van der Waals surface area contributed by atoms with Crippen LogP contribution in [0.1, 0.15) is 24.8 Å². The normalized spacial score (nSPS) is 24.1. The van der Waals surface area contributed by atoms with Crippen molar-refractivity contribution in [1.82, 2.24) is 10.6 Å². The molecule has 2 rings (SSSR count). The van der Waals surface area contributed by atoms with E-state index in [0.29, 0.717) is 5.75 Å². The van der Waals surface area contributed by atoms with Crippen LogP contribution in [-0.4, -0.2) is 24.7 Å². The maximum atomic E-state index is 9.18. The Hall–Kier alpha value is -1.06. The van der Waals surface area contributed by atoms with E-state index in [2.05, 4.69) is 17.7 Å². The number of hydrogen-bond acceptors (Lipinski definition) is 3. The maximum absolute atomic E-state index is 9.18. The second-order valence-corrected chi connectivity index (χ2v) is 4.96. The quantitative estimate of drug-likeness (QED) is 0.729. The first-order valence-electron chi connectivity index (χ1n) is 6.44. The highest BCUT2D eigenvalue weighted by Gasteiger charge is 2.22. The summed E-state index contributed by atoms with van der Waals surface area (Å²) in [6, 6.07) is 8.13. The highest BCUT2D eigenvalue weighted by Crippen LogP contribution is 2.24. The fraction of sp³-hybridized carbons (Fsp3) is 0.571. The van der Waals surface area contributed by atoms with Crippen molar-refractivity contribution in [3.8, 4) is 5.75 Å². The molecule has 1 aliphatic rings. The highest BCUT2D eigenvalue weighted by molar-refractivity contribution is 5.25. The second kappa shape index (κ2) is 6.03. The lowest BCUT2D eigenvalue weighted by Crippen LogP contribution is -2.24. The first kappa shape index (κ1) is 12.4. The Labute approximate surface area is 103 Å². The third kappa shape index (κ3) is 3.72. The van der Waals surface area contributed by atoms with Crippen molar-refractivity contribution in [2.45, 2.75) is 31.8 Å². The second-order valence-electron chi connectivity index (χ2n) is 4.96. The molecule has 1 aliphatic carbocycles. The summed E-state index contributed by atoms with van der Waals surface area (Å²) in [5.41, 5.74) is 1.23. The third-order valence-corrected chi connectivity index (χ3v) is 3.65. The van der Waals surface area contributed by atoms with E-state index in [1.54, 1.807) is 12.1 Å². The molecule has 1 aromatic rings. The molecule has 0 radical (unpaired) electrons. The summed E-state index contributed by atoms with van der Waals surface area (Å²) in [6.07, 6.45) is 3.93.